The van der Waals surface area contributed by atoms with E-state index in [9.17, 15) is 0 Å². The van der Waals surface area contributed by atoms with Crippen LogP contribution >= 0.6 is 11.3 Å². The smallest absolute Gasteiger partial charge is 0.165 e. The lowest BCUT2D eigenvalue weighted by atomic mass is 9.82. The molecule has 2 heterocycles. The Hall–Kier alpha value is -4.41. The van der Waals surface area contributed by atoms with Crippen molar-refractivity contribution in [1.29, 1.82) is 0 Å². The second kappa shape index (κ2) is 9.04. The molecule has 0 saturated carbocycles. The zero-order chi connectivity index (χ0) is 28.6. The number of thiophene rings is 1. The van der Waals surface area contributed by atoms with E-state index in [-0.39, 0.29) is 10.8 Å². The van der Waals surface area contributed by atoms with Gasteiger partial charge in [0, 0.05) is 36.9 Å². The first-order valence-corrected chi connectivity index (χ1v) is 15.4. The van der Waals surface area contributed by atoms with E-state index in [2.05, 4.69) is 131 Å². The van der Waals surface area contributed by atoms with Crippen molar-refractivity contribution in [2.45, 2.75) is 44.9 Å². The fourth-order valence-corrected chi connectivity index (χ4v) is 8.43. The number of hydrogen-bond acceptors (Lipinski definition) is 4. The lowest BCUT2D eigenvalue weighted by Crippen LogP contribution is -2.17. The van der Waals surface area contributed by atoms with Crippen LogP contribution in [0.3, 0.4) is 0 Å². The van der Waals surface area contributed by atoms with Crippen LogP contribution in [0.25, 0.3) is 65.1 Å². The van der Waals surface area contributed by atoms with E-state index >= 15 is 0 Å². The second-order valence-corrected chi connectivity index (χ2v) is 13.9. The van der Waals surface area contributed by atoms with Gasteiger partial charge in [-0.3, -0.25) is 0 Å². The molecule has 0 saturated heterocycles. The zero-order valence-electron chi connectivity index (χ0n) is 24.3. The zero-order valence-corrected chi connectivity index (χ0v) is 25.1. The van der Waals surface area contributed by atoms with Gasteiger partial charge in [0.25, 0.3) is 0 Å². The highest BCUT2D eigenvalue weighted by molar-refractivity contribution is 7.26. The molecule has 0 amide bonds. The molecule has 0 aliphatic heterocycles. The van der Waals surface area contributed by atoms with Crippen molar-refractivity contribution >= 4 is 42.3 Å². The van der Waals surface area contributed by atoms with Crippen LogP contribution in [0.1, 0.15) is 45.2 Å². The summed E-state index contributed by atoms with van der Waals surface area (Å²) in [5.74, 6) is 2.12. The van der Waals surface area contributed by atoms with Gasteiger partial charge in [0.05, 0.1) is 0 Å². The lowest BCUT2D eigenvalue weighted by Gasteiger charge is -2.22. The van der Waals surface area contributed by atoms with E-state index in [1.807, 2.05) is 0 Å². The molecule has 1 aliphatic rings. The van der Waals surface area contributed by atoms with Crippen LogP contribution in [0.15, 0.2) is 103 Å². The first kappa shape index (κ1) is 25.3. The highest BCUT2D eigenvalue weighted by Crippen LogP contribution is 2.50. The average molecular weight is 562 g/mol. The molecule has 7 aromatic rings. The molecular weight excluding hydrogens is 531 g/mol. The number of nitrogens with zero attached hydrogens (tertiary/aromatic N) is 3. The summed E-state index contributed by atoms with van der Waals surface area (Å²) in [6.45, 7) is 9.41. The Labute approximate surface area is 249 Å². The Morgan fingerprint density at radius 1 is 0.548 bits per heavy atom. The third-order valence-electron chi connectivity index (χ3n) is 8.93. The molecule has 0 radical (unpaired) electrons. The summed E-state index contributed by atoms with van der Waals surface area (Å²) in [4.78, 5) is 15.5. The predicted octanol–water partition coefficient (Wildman–Crippen LogP) is 10.4. The number of hydrogen-bond donors (Lipinski definition) is 0. The van der Waals surface area contributed by atoms with Gasteiger partial charge < -0.3 is 0 Å². The molecule has 1 aliphatic carbocycles. The van der Waals surface area contributed by atoms with E-state index in [1.54, 1.807) is 11.3 Å². The minimum atomic E-state index is 0.0891. The van der Waals surface area contributed by atoms with E-state index in [1.165, 1.54) is 36.7 Å². The molecule has 0 N–H and O–H groups in total. The summed E-state index contributed by atoms with van der Waals surface area (Å²) in [6.07, 6.45) is 1.12. The Morgan fingerprint density at radius 2 is 1.17 bits per heavy atom. The Bertz CT molecular complexity index is 2180. The van der Waals surface area contributed by atoms with Gasteiger partial charge in [0.1, 0.15) is 0 Å². The highest BCUT2D eigenvalue weighted by Gasteiger charge is 2.41. The van der Waals surface area contributed by atoms with E-state index in [4.69, 9.17) is 15.0 Å². The quantitative estimate of drug-likeness (QED) is 0.215. The standard InChI is InChI=1S/C38H31N3S/c1-37(2)22-38(3,4)31-21-24(19-20-30(31)37)34-39-35(28-16-9-12-23-11-5-6-13-25(23)28)41-36(40-34)29-17-10-15-27-26-14-7-8-18-32(26)42-33(27)29/h5-21H,22H2,1-4H3. The first-order chi connectivity index (χ1) is 20.3. The van der Waals surface area contributed by atoms with Gasteiger partial charge in [-0.15, -0.1) is 11.3 Å². The predicted molar refractivity (Wildman–Crippen MR) is 177 cm³/mol. The summed E-state index contributed by atoms with van der Waals surface area (Å²) >= 11 is 1.80. The van der Waals surface area contributed by atoms with Crippen molar-refractivity contribution in [3.63, 3.8) is 0 Å². The summed E-state index contributed by atoms with van der Waals surface area (Å²) in [5.41, 5.74) is 6.15. The fraction of sp³-hybridized carbons (Fsp3) is 0.184. The number of aromatic nitrogens is 3. The number of benzene rings is 5. The summed E-state index contributed by atoms with van der Waals surface area (Å²) in [6, 6.07) is 36.7. The third kappa shape index (κ3) is 3.89. The number of fused-ring (bicyclic) bond motifs is 5. The van der Waals surface area contributed by atoms with Crippen molar-refractivity contribution in [2.24, 2.45) is 0 Å². The topological polar surface area (TPSA) is 38.7 Å². The monoisotopic (exact) mass is 561 g/mol. The molecule has 0 bridgehead atoms. The molecule has 42 heavy (non-hydrogen) atoms. The maximum absolute atomic E-state index is 5.19. The molecule has 5 aromatic carbocycles. The van der Waals surface area contributed by atoms with Crippen molar-refractivity contribution in [1.82, 2.24) is 15.0 Å². The Morgan fingerprint density at radius 3 is 2.02 bits per heavy atom. The maximum Gasteiger partial charge on any atom is 0.165 e. The minimum Gasteiger partial charge on any atom is -0.208 e. The van der Waals surface area contributed by atoms with Crippen molar-refractivity contribution in [2.75, 3.05) is 0 Å². The van der Waals surface area contributed by atoms with Crippen LogP contribution in [0.4, 0.5) is 0 Å². The lowest BCUT2D eigenvalue weighted by molar-refractivity contribution is 0.403. The van der Waals surface area contributed by atoms with E-state index in [0.717, 1.165) is 28.5 Å². The van der Waals surface area contributed by atoms with E-state index in [0.29, 0.717) is 17.5 Å². The van der Waals surface area contributed by atoms with Crippen molar-refractivity contribution < 1.29 is 0 Å². The third-order valence-corrected chi connectivity index (χ3v) is 10.2. The largest absolute Gasteiger partial charge is 0.208 e. The fourth-order valence-electron chi connectivity index (χ4n) is 7.22. The molecule has 0 atom stereocenters. The highest BCUT2D eigenvalue weighted by atomic mass is 32.1. The minimum absolute atomic E-state index is 0.0891. The van der Waals surface area contributed by atoms with Crippen LogP contribution in [-0.2, 0) is 10.8 Å². The van der Waals surface area contributed by atoms with E-state index < -0.39 is 0 Å². The van der Waals surface area contributed by atoms with Crippen LogP contribution in [0.5, 0.6) is 0 Å². The normalized spacial score (nSPS) is 15.4. The van der Waals surface area contributed by atoms with Crippen LogP contribution in [0.2, 0.25) is 0 Å². The summed E-state index contributed by atoms with van der Waals surface area (Å²) in [7, 11) is 0. The molecule has 4 heteroatoms. The van der Waals surface area contributed by atoms with Gasteiger partial charge in [0.2, 0.25) is 0 Å². The SMILES string of the molecule is CC1(C)CC(C)(C)c2cc(-c3nc(-c4cccc5ccccc45)nc(-c4cccc5c4sc4ccccc45)n3)ccc21. The molecule has 2 aromatic heterocycles. The molecule has 0 spiro atoms. The van der Waals surface area contributed by atoms with Gasteiger partial charge in [-0.2, -0.15) is 0 Å². The molecule has 0 unspecified atom stereocenters. The molecule has 3 nitrogen and oxygen atoms in total. The maximum atomic E-state index is 5.19. The van der Waals surface area contributed by atoms with Gasteiger partial charge in [-0.25, -0.2) is 15.0 Å². The summed E-state index contributed by atoms with van der Waals surface area (Å²) < 4.78 is 2.48. The van der Waals surface area contributed by atoms with Crippen LogP contribution < -0.4 is 0 Å². The second-order valence-electron chi connectivity index (χ2n) is 12.8. The van der Waals surface area contributed by atoms with Gasteiger partial charge in [-0.1, -0.05) is 113 Å². The van der Waals surface area contributed by atoms with Crippen molar-refractivity contribution in [3.8, 4) is 34.2 Å². The Kier molecular flexibility index (Phi) is 5.45. The molecular formula is C38H31N3S. The van der Waals surface area contributed by atoms with Gasteiger partial charge >= 0.3 is 0 Å². The number of rotatable bonds is 3. The molecule has 0 fully saturated rings. The summed E-state index contributed by atoms with van der Waals surface area (Å²) in [5, 5.41) is 4.82. The van der Waals surface area contributed by atoms with Crippen LogP contribution in [0, 0.1) is 0 Å². The van der Waals surface area contributed by atoms with Gasteiger partial charge in [0.15, 0.2) is 17.5 Å². The van der Waals surface area contributed by atoms with Gasteiger partial charge in [-0.05, 0) is 57.3 Å². The molecule has 8 rings (SSSR count). The van der Waals surface area contributed by atoms with Crippen molar-refractivity contribution in [3.05, 3.63) is 114 Å². The molecule has 204 valence electrons. The first-order valence-electron chi connectivity index (χ1n) is 14.6. The Balaban J connectivity index is 1.40. The average Bonchev–Trinajstić information content (AvgIpc) is 3.47. The van der Waals surface area contributed by atoms with Crippen LogP contribution in [-0.4, -0.2) is 15.0 Å².